The zero-order chi connectivity index (χ0) is 20.9. The fourth-order valence-electron chi connectivity index (χ4n) is 3.87. The second-order valence-electron chi connectivity index (χ2n) is 7.70. The molecule has 1 atom stereocenters. The van der Waals surface area contributed by atoms with E-state index in [9.17, 15) is 9.59 Å². The Morgan fingerprint density at radius 2 is 2.10 bits per heavy atom. The maximum atomic E-state index is 13.0. The van der Waals surface area contributed by atoms with Crippen molar-refractivity contribution in [2.75, 3.05) is 26.8 Å². The summed E-state index contributed by atoms with van der Waals surface area (Å²) in [5.41, 5.74) is 1.44. The number of amides is 2. The number of carbonyl (C=O) groups is 2. The van der Waals surface area contributed by atoms with Gasteiger partial charge in [0, 0.05) is 50.3 Å². The van der Waals surface area contributed by atoms with Gasteiger partial charge in [-0.2, -0.15) is 0 Å². The van der Waals surface area contributed by atoms with E-state index < -0.39 is 0 Å². The molecule has 2 aliphatic rings. The van der Waals surface area contributed by atoms with Crippen molar-refractivity contribution >= 4 is 11.8 Å². The van der Waals surface area contributed by atoms with Gasteiger partial charge in [0.1, 0.15) is 0 Å². The summed E-state index contributed by atoms with van der Waals surface area (Å²) in [7, 11) is 1.58. The topological polar surface area (TPSA) is 98.6 Å². The van der Waals surface area contributed by atoms with Crippen molar-refractivity contribution in [3.05, 3.63) is 35.7 Å². The fraction of sp³-hybridized carbons (Fsp3) is 0.524. The smallest absolute Gasteiger partial charge is 0.254 e. The van der Waals surface area contributed by atoms with Crippen LogP contribution in [0.25, 0.3) is 0 Å². The second-order valence-corrected chi connectivity index (χ2v) is 7.70. The molecule has 0 radical (unpaired) electrons. The van der Waals surface area contributed by atoms with Gasteiger partial charge in [0.25, 0.3) is 5.91 Å². The van der Waals surface area contributed by atoms with Crippen molar-refractivity contribution in [3.8, 4) is 11.5 Å². The standard InChI is InChI=1S/C21H27N5O4/c1-29-18-7-6-15-12-19(18)30-11-3-9-26-14-17(23-24-26)4-2-5-20(27)22-16-8-10-25(13-16)21(15)28/h6-7,12,14,16H,2-5,8-11,13H2,1H3,(H,22,27). The number of rotatable bonds is 1. The lowest BCUT2D eigenvalue weighted by molar-refractivity contribution is -0.121. The van der Waals surface area contributed by atoms with E-state index in [4.69, 9.17) is 9.47 Å². The number of hydrogen-bond donors (Lipinski definition) is 1. The van der Waals surface area contributed by atoms with Crippen LogP contribution in [0.3, 0.4) is 0 Å². The van der Waals surface area contributed by atoms with Gasteiger partial charge in [0.15, 0.2) is 11.5 Å². The van der Waals surface area contributed by atoms with Gasteiger partial charge >= 0.3 is 0 Å². The molecule has 2 aromatic rings. The number of ether oxygens (including phenoxy) is 2. The summed E-state index contributed by atoms with van der Waals surface area (Å²) in [5, 5.41) is 11.4. The molecule has 1 N–H and O–H groups in total. The monoisotopic (exact) mass is 413 g/mol. The highest BCUT2D eigenvalue weighted by molar-refractivity contribution is 5.95. The van der Waals surface area contributed by atoms with Crippen LogP contribution < -0.4 is 14.8 Å². The molecule has 1 aromatic carbocycles. The first-order valence-electron chi connectivity index (χ1n) is 10.4. The Kier molecular flexibility index (Phi) is 6.15. The second kappa shape index (κ2) is 9.15. The number of aromatic nitrogens is 3. The highest BCUT2D eigenvalue weighted by Crippen LogP contribution is 2.29. The van der Waals surface area contributed by atoms with Crippen molar-refractivity contribution in [2.45, 2.75) is 44.7 Å². The lowest BCUT2D eigenvalue weighted by Crippen LogP contribution is -2.38. The molecule has 1 aromatic heterocycles. The molecular formula is C21H27N5O4. The van der Waals surface area contributed by atoms with E-state index in [0.29, 0.717) is 62.6 Å². The Bertz CT molecular complexity index is 913. The van der Waals surface area contributed by atoms with Gasteiger partial charge in [-0.3, -0.25) is 14.3 Å². The van der Waals surface area contributed by atoms with Gasteiger partial charge in [0.05, 0.1) is 19.4 Å². The first kappa shape index (κ1) is 20.2. The molecule has 160 valence electrons. The minimum atomic E-state index is -0.0630. The van der Waals surface area contributed by atoms with Crippen LogP contribution in [0.4, 0.5) is 0 Å². The molecule has 9 heteroatoms. The lowest BCUT2D eigenvalue weighted by Gasteiger charge is -2.18. The van der Waals surface area contributed by atoms with E-state index in [2.05, 4.69) is 15.6 Å². The van der Waals surface area contributed by atoms with E-state index in [1.54, 1.807) is 34.9 Å². The van der Waals surface area contributed by atoms with E-state index in [1.807, 2.05) is 6.20 Å². The molecule has 1 saturated heterocycles. The molecule has 1 fully saturated rings. The summed E-state index contributed by atoms with van der Waals surface area (Å²) < 4.78 is 13.1. The predicted octanol–water partition coefficient (Wildman–Crippen LogP) is 1.42. The zero-order valence-corrected chi connectivity index (χ0v) is 17.2. The van der Waals surface area contributed by atoms with Crippen LogP contribution in [-0.2, 0) is 17.8 Å². The van der Waals surface area contributed by atoms with Crippen LogP contribution >= 0.6 is 0 Å². The summed E-state index contributed by atoms with van der Waals surface area (Å²) in [4.78, 5) is 27.0. The summed E-state index contributed by atoms with van der Waals surface area (Å²) >= 11 is 0. The largest absolute Gasteiger partial charge is 0.493 e. The molecule has 0 spiro atoms. The van der Waals surface area contributed by atoms with E-state index >= 15 is 0 Å². The Balaban J connectivity index is 1.53. The van der Waals surface area contributed by atoms with Crippen molar-refractivity contribution < 1.29 is 19.1 Å². The number of methoxy groups -OCH3 is 1. The number of benzene rings is 1. The Morgan fingerprint density at radius 1 is 1.20 bits per heavy atom. The van der Waals surface area contributed by atoms with Gasteiger partial charge in [0.2, 0.25) is 5.91 Å². The van der Waals surface area contributed by atoms with Crippen molar-refractivity contribution in [1.29, 1.82) is 0 Å². The van der Waals surface area contributed by atoms with Crippen molar-refractivity contribution in [2.24, 2.45) is 0 Å². The summed E-state index contributed by atoms with van der Waals surface area (Å²) in [6.07, 6.45) is 5.27. The number of nitrogens with one attached hydrogen (secondary N) is 1. The summed E-state index contributed by atoms with van der Waals surface area (Å²) in [5.74, 6) is 1.09. The third-order valence-corrected chi connectivity index (χ3v) is 5.46. The van der Waals surface area contributed by atoms with Gasteiger partial charge in [-0.1, -0.05) is 5.21 Å². The molecule has 3 heterocycles. The number of aryl methyl sites for hydroxylation is 2. The number of nitrogens with zero attached hydrogens (tertiary/aromatic N) is 4. The molecule has 4 rings (SSSR count). The fourth-order valence-corrected chi connectivity index (χ4v) is 3.87. The molecule has 1 unspecified atom stereocenters. The minimum absolute atomic E-state index is 0.0136. The highest BCUT2D eigenvalue weighted by atomic mass is 16.5. The molecule has 0 aliphatic carbocycles. The number of fused-ring (bicyclic) bond motifs is 6. The van der Waals surface area contributed by atoms with E-state index in [1.165, 1.54) is 0 Å². The summed E-state index contributed by atoms with van der Waals surface area (Å²) in [6, 6.07) is 5.22. The van der Waals surface area contributed by atoms with Crippen molar-refractivity contribution in [3.63, 3.8) is 0 Å². The summed E-state index contributed by atoms with van der Waals surface area (Å²) in [6.45, 7) is 2.27. The van der Waals surface area contributed by atoms with Crippen LogP contribution in [0.1, 0.15) is 41.7 Å². The number of hydrogen-bond acceptors (Lipinski definition) is 6. The molecule has 2 aliphatic heterocycles. The van der Waals surface area contributed by atoms with Crippen LogP contribution in [0, 0.1) is 0 Å². The van der Waals surface area contributed by atoms with Crippen LogP contribution in [0.15, 0.2) is 24.4 Å². The minimum Gasteiger partial charge on any atom is -0.493 e. The van der Waals surface area contributed by atoms with Gasteiger partial charge < -0.3 is 19.7 Å². The highest BCUT2D eigenvalue weighted by Gasteiger charge is 2.28. The molecule has 30 heavy (non-hydrogen) atoms. The molecule has 6 bridgehead atoms. The van der Waals surface area contributed by atoms with E-state index in [0.717, 1.165) is 18.5 Å². The number of carbonyl (C=O) groups excluding carboxylic acids is 2. The maximum Gasteiger partial charge on any atom is 0.254 e. The normalized spacial score (nSPS) is 20.6. The van der Waals surface area contributed by atoms with E-state index in [-0.39, 0.29) is 17.9 Å². The van der Waals surface area contributed by atoms with Gasteiger partial charge in [-0.25, -0.2) is 0 Å². The molecular weight excluding hydrogens is 386 g/mol. The lowest BCUT2D eigenvalue weighted by atomic mass is 10.1. The quantitative estimate of drug-likeness (QED) is 0.759. The Labute approximate surface area is 175 Å². The SMILES string of the molecule is COc1ccc2cc1OCCCn1cc(nn1)CCCC(=O)NC1CCN(C1)C2=O. The third kappa shape index (κ3) is 4.72. The maximum absolute atomic E-state index is 13.0. The third-order valence-electron chi connectivity index (χ3n) is 5.46. The van der Waals surface area contributed by atoms with Crippen molar-refractivity contribution in [1.82, 2.24) is 25.2 Å². The molecule has 2 amide bonds. The van der Waals surface area contributed by atoms with Crippen LogP contribution in [0.5, 0.6) is 11.5 Å². The Hall–Kier alpha value is -3.10. The van der Waals surface area contributed by atoms with Gasteiger partial charge in [-0.05, 0) is 37.5 Å². The van der Waals surface area contributed by atoms with Crippen LogP contribution in [-0.4, -0.2) is 64.6 Å². The van der Waals surface area contributed by atoms with Gasteiger partial charge in [-0.15, -0.1) is 5.10 Å². The molecule has 0 saturated carbocycles. The first-order chi connectivity index (χ1) is 14.6. The first-order valence-corrected chi connectivity index (χ1v) is 10.4. The average molecular weight is 413 g/mol. The predicted molar refractivity (Wildman–Crippen MR) is 109 cm³/mol. The zero-order valence-electron chi connectivity index (χ0n) is 17.2. The average Bonchev–Trinajstić information content (AvgIpc) is 3.39. The van der Waals surface area contributed by atoms with Crippen LogP contribution in [0.2, 0.25) is 0 Å². The Morgan fingerprint density at radius 3 is 2.97 bits per heavy atom. The molecule has 9 nitrogen and oxygen atoms in total.